The summed E-state index contributed by atoms with van der Waals surface area (Å²) in [6.45, 7) is 1.69. The third-order valence-corrected chi connectivity index (χ3v) is 1.37. The van der Waals surface area contributed by atoms with Crippen molar-refractivity contribution < 1.29 is 9.53 Å². The van der Waals surface area contributed by atoms with Crippen LogP contribution >= 0.6 is 11.6 Å². The Morgan fingerprint density at radius 3 is 2.62 bits per heavy atom. The first kappa shape index (κ1) is 5.89. The fourth-order valence-electron chi connectivity index (χ4n) is 0.665. The molecule has 46 valence electrons. The first-order valence-corrected chi connectivity index (χ1v) is 2.89. The Kier molecular flexibility index (Phi) is 1.19. The molecular formula is C5H7ClO2. The number of alkyl halides is 1. The van der Waals surface area contributed by atoms with E-state index in [-0.39, 0.29) is 5.97 Å². The van der Waals surface area contributed by atoms with Gasteiger partial charge in [0.2, 0.25) is 0 Å². The Labute approximate surface area is 52.8 Å². The molecule has 0 bridgehead atoms. The molecule has 0 radical (unpaired) electrons. The summed E-state index contributed by atoms with van der Waals surface area (Å²) in [5.41, 5.74) is 0. The molecule has 0 aromatic heterocycles. The van der Waals surface area contributed by atoms with Crippen molar-refractivity contribution in [1.82, 2.24) is 0 Å². The summed E-state index contributed by atoms with van der Waals surface area (Å²) in [7, 11) is 0. The number of hydrogen-bond donors (Lipinski definition) is 0. The Morgan fingerprint density at radius 2 is 2.50 bits per heavy atom. The highest BCUT2D eigenvalue weighted by Crippen LogP contribution is 2.29. The smallest absolute Gasteiger partial charge is 0.307 e. The second kappa shape index (κ2) is 1.62. The van der Waals surface area contributed by atoms with Crippen molar-refractivity contribution in [2.45, 2.75) is 24.8 Å². The molecule has 1 rings (SSSR count). The SMILES string of the molecule is CC1(Cl)CCC(=O)O1. The highest BCUT2D eigenvalue weighted by Gasteiger charge is 2.32. The lowest BCUT2D eigenvalue weighted by Gasteiger charge is -2.10. The molecule has 1 heterocycles. The minimum absolute atomic E-state index is 0.192. The molecule has 0 aliphatic carbocycles. The monoisotopic (exact) mass is 134 g/mol. The van der Waals surface area contributed by atoms with Crippen molar-refractivity contribution in [1.29, 1.82) is 0 Å². The van der Waals surface area contributed by atoms with Gasteiger partial charge in [-0.15, -0.1) is 0 Å². The molecule has 1 fully saturated rings. The molecule has 0 N–H and O–H groups in total. The molecule has 0 spiro atoms. The maximum Gasteiger partial charge on any atom is 0.307 e. The number of cyclic esters (lactones) is 1. The molecule has 1 saturated heterocycles. The minimum Gasteiger partial charge on any atom is -0.443 e. The summed E-state index contributed by atoms with van der Waals surface area (Å²) in [5, 5.41) is -0.711. The molecule has 1 aliphatic rings. The Hall–Kier alpha value is -0.240. The summed E-state index contributed by atoms with van der Waals surface area (Å²) >= 11 is 5.62. The van der Waals surface area contributed by atoms with E-state index in [9.17, 15) is 4.79 Å². The minimum atomic E-state index is -0.711. The first-order valence-electron chi connectivity index (χ1n) is 2.51. The van der Waals surface area contributed by atoms with E-state index < -0.39 is 5.06 Å². The van der Waals surface area contributed by atoms with Crippen LogP contribution in [0, 0.1) is 0 Å². The van der Waals surface area contributed by atoms with Gasteiger partial charge in [-0.2, -0.15) is 0 Å². The summed E-state index contributed by atoms with van der Waals surface area (Å²) in [6.07, 6.45) is 1.09. The van der Waals surface area contributed by atoms with Gasteiger partial charge in [-0.1, -0.05) is 11.6 Å². The van der Waals surface area contributed by atoms with Gasteiger partial charge in [-0.05, 0) is 6.92 Å². The fourth-order valence-corrected chi connectivity index (χ4v) is 0.845. The fraction of sp³-hybridized carbons (Fsp3) is 0.800. The average Bonchev–Trinajstić information content (AvgIpc) is 1.82. The van der Waals surface area contributed by atoms with Crippen molar-refractivity contribution >= 4 is 17.6 Å². The quantitative estimate of drug-likeness (QED) is 0.369. The maximum atomic E-state index is 10.4. The van der Waals surface area contributed by atoms with E-state index >= 15 is 0 Å². The predicted octanol–water partition coefficient (Wildman–Crippen LogP) is 1.28. The lowest BCUT2D eigenvalue weighted by atomic mass is 10.3. The van der Waals surface area contributed by atoms with E-state index in [1.165, 1.54) is 0 Å². The zero-order valence-electron chi connectivity index (χ0n) is 4.61. The summed E-state index contributed by atoms with van der Waals surface area (Å²) in [5.74, 6) is -0.192. The van der Waals surface area contributed by atoms with Gasteiger partial charge < -0.3 is 4.74 Å². The molecule has 1 unspecified atom stereocenters. The van der Waals surface area contributed by atoms with Crippen molar-refractivity contribution in [2.75, 3.05) is 0 Å². The van der Waals surface area contributed by atoms with Gasteiger partial charge in [0.25, 0.3) is 0 Å². The van der Waals surface area contributed by atoms with Crippen LogP contribution < -0.4 is 0 Å². The average molecular weight is 135 g/mol. The normalized spacial score (nSPS) is 37.5. The Bertz CT molecular complexity index is 120. The standard InChI is InChI=1S/C5H7ClO2/c1-5(6)3-2-4(7)8-5/h2-3H2,1H3. The summed E-state index contributed by atoms with van der Waals surface area (Å²) in [4.78, 5) is 10.4. The van der Waals surface area contributed by atoms with Gasteiger partial charge in [0, 0.05) is 6.42 Å². The van der Waals surface area contributed by atoms with Crippen LogP contribution in [0.15, 0.2) is 0 Å². The molecule has 0 aromatic rings. The molecule has 2 nitrogen and oxygen atoms in total. The van der Waals surface area contributed by atoms with E-state index in [1.54, 1.807) is 6.92 Å². The van der Waals surface area contributed by atoms with Crippen LogP contribution in [0.1, 0.15) is 19.8 Å². The molecule has 0 amide bonds. The van der Waals surface area contributed by atoms with Crippen molar-refractivity contribution in [3.8, 4) is 0 Å². The van der Waals surface area contributed by atoms with Gasteiger partial charge in [0.1, 0.15) is 0 Å². The van der Waals surface area contributed by atoms with E-state index in [4.69, 9.17) is 11.6 Å². The second-order valence-electron chi connectivity index (χ2n) is 2.08. The summed E-state index contributed by atoms with van der Waals surface area (Å²) < 4.78 is 4.68. The van der Waals surface area contributed by atoms with Crippen LogP contribution in [0.3, 0.4) is 0 Å². The number of esters is 1. The lowest BCUT2D eigenvalue weighted by molar-refractivity contribution is -0.142. The number of carbonyl (C=O) groups is 1. The Balaban J connectivity index is 2.56. The van der Waals surface area contributed by atoms with Crippen LogP contribution in [-0.2, 0) is 9.53 Å². The number of hydrogen-bond acceptors (Lipinski definition) is 2. The highest BCUT2D eigenvalue weighted by molar-refractivity contribution is 6.23. The van der Waals surface area contributed by atoms with E-state index in [2.05, 4.69) is 4.74 Å². The molecule has 1 aliphatic heterocycles. The summed E-state index contributed by atoms with van der Waals surface area (Å²) in [6, 6.07) is 0. The predicted molar refractivity (Wildman–Crippen MR) is 29.6 cm³/mol. The maximum absolute atomic E-state index is 10.4. The lowest BCUT2D eigenvalue weighted by Crippen LogP contribution is -2.13. The number of ether oxygens (including phenoxy) is 1. The zero-order valence-corrected chi connectivity index (χ0v) is 5.36. The molecule has 0 aromatic carbocycles. The molecule has 0 saturated carbocycles. The number of rotatable bonds is 0. The molecule has 3 heteroatoms. The Morgan fingerprint density at radius 1 is 1.88 bits per heavy atom. The second-order valence-corrected chi connectivity index (χ2v) is 2.88. The first-order chi connectivity index (χ1) is 3.60. The molecule has 1 atom stereocenters. The van der Waals surface area contributed by atoms with Gasteiger partial charge >= 0.3 is 5.97 Å². The van der Waals surface area contributed by atoms with Gasteiger partial charge in [0.15, 0.2) is 5.06 Å². The van der Waals surface area contributed by atoms with Crippen LogP contribution in [0.2, 0.25) is 0 Å². The van der Waals surface area contributed by atoms with Crippen molar-refractivity contribution in [2.24, 2.45) is 0 Å². The van der Waals surface area contributed by atoms with Crippen molar-refractivity contribution in [3.63, 3.8) is 0 Å². The number of carbonyl (C=O) groups excluding carboxylic acids is 1. The topological polar surface area (TPSA) is 26.3 Å². The van der Waals surface area contributed by atoms with Crippen LogP contribution in [0.25, 0.3) is 0 Å². The van der Waals surface area contributed by atoms with Gasteiger partial charge in [-0.3, -0.25) is 4.79 Å². The zero-order chi connectivity index (χ0) is 6.20. The van der Waals surface area contributed by atoms with E-state index in [0.717, 1.165) is 0 Å². The van der Waals surface area contributed by atoms with Crippen LogP contribution in [0.4, 0.5) is 0 Å². The number of halogens is 1. The largest absolute Gasteiger partial charge is 0.443 e. The van der Waals surface area contributed by atoms with E-state index in [0.29, 0.717) is 12.8 Å². The van der Waals surface area contributed by atoms with E-state index in [1.807, 2.05) is 0 Å². The van der Waals surface area contributed by atoms with Crippen molar-refractivity contribution in [3.05, 3.63) is 0 Å². The van der Waals surface area contributed by atoms with Gasteiger partial charge in [0.05, 0.1) is 6.42 Å². The third kappa shape index (κ3) is 1.13. The van der Waals surface area contributed by atoms with Crippen LogP contribution in [0.5, 0.6) is 0 Å². The van der Waals surface area contributed by atoms with Crippen LogP contribution in [-0.4, -0.2) is 11.0 Å². The molecule has 8 heavy (non-hydrogen) atoms. The third-order valence-electron chi connectivity index (χ3n) is 1.10. The highest BCUT2D eigenvalue weighted by atomic mass is 35.5. The molecular weight excluding hydrogens is 128 g/mol. The van der Waals surface area contributed by atoms with Gasteiger partial charge in [-0.25, -0.2) is 0 Å².